The summed E-state index contributed by atoms with van der Waals surface area (Å²) >= 11 is 0. The molecular formula is C9H13N3O4. The summed E-state index contributed by atoms with van der Waals surface area (Å²) in [4.78, 5) is 24.4. The van der Waals surface area contributed by atoms with E-state index in [9.17, 15) is 14.7 Å². The van der Waals surface area contributed by atoms with Crippen molar-refractivity contribution in [2.24, 2.45) is 5.73 Å². The van der Waals surface area contributed by atoms with Gasteiger partial charge in [0.05, 0.1) is 12.2 Å². The Hall–Kier alpha value is -1.44. The number of aliphatic hydroxyl groups excluding tert-OH is 1. The van der Waals surface area contributed by atoms with E-state index in [1.54, 1.807) is 0 Å². The Morgan fingerprint density at radius 1 is 1.62 bits per heavy atom. The van der Waals surface area contributed by atoms with E-state index >= 15 is 0 Å². The summed E-state index contributed by atoms with van der Waals surface area (Å²) < 4.78 is 6.63. The van der Waals surface area contributed by atoms with Gasteiger partial charge in [0.15, 0.2) is 0 Å². The van der Waals surface area contributed by atoms with Gasteiger partial charge >= 0.3 is 5.69 Å². The average Bonchev–Trinajstić information content (AvgIpc) is 2.59. The zero-order valence-electron chi connectivity index (χ0n) is 8.50. The van der Waals surface area contributed by atoms with Crippen LogP contribution in [0.15, 0.2) is 21.9 Å². The second kappa shape index (κ2) is 4.20. The molecule has 4 N–H and O–H groups in total. The highest BCUT2D eigenvalue weighted by atomic mass is 16.5. The van der Waals surface area contributed by atoms with Crippen LogP contribution in [-0.2, 0) is 4.74 Å². The minimum absolute atomic E-state index is 0.190. The topological polar surface area (TPSA) is 110 Å². The fraction of sp³-hybridized carbons (Fsp3) is 0.556. The molecule has 0 saturated carbocycles. The maximum Gasteiger partial charge on any atom is 0.330 e. The van der Waals surface area contributed by atoms with Gasteiger partial charge < -0.3 is 15.6 Å². The van der Waals surface area contributed by atoms with E-state index in [1.807, 2.05) is 0 Å². The Kier molecular flexibility index (Phi) is 2.90. The molecule has 88 valence electrons. The Morgan fingerprint density at radius 2 is 2.38 bits per heavy atom. The van der Waals surface area contributed by atoms with Crippen LogP contribution in [0.25, 0.3) is 0 Å². The Morgan fingerprint density at radius 3 is 2.94 bits per heavy atom. The van der Waals surface area contributed by atoms with Crippen LogP contribution in [0, 0.1) is 0 Å². The number of aromatic nitrogens is 2. The number of rotatable bonds is 2. The van der Waals surface area contributed by atoms with Gasteiger partial charge in [-0.15, -0.1) is 0 Å². The number of ether oxygens (including phenoxy) is 1. The molecule has 0 aromatic carbocycles. The fourth-order valence-electron chi connectivity index (χ4n) is 1.75. The summed E-state index contributed by atoms with van der Waals surface area (Å²) in [5.41, 5.74) is 4.38. The van der Waals surface area contributed by atoms with Crippen LogP contribution in [0.1, 0.15) is 12.6 Å². The number of hydrogen-bond donors (Lipinski definition) is 3. The third-order valence-corrected chi connectivity index (χ3v) is 2.60. The van der Waals surface area contributed by atoms with Gasteiger partial charge in [0, 0.05) is 25.2 Å². The smallest absolute Gasteiger partial charge is 0.330 e. The molecule has 0 unspecified atom stereocenters. The second-order valence-electron chi connectivity index (χ2n) is 3.69. The Bertz CT molecular complexity index is 480. The van der Waals surface area contributed by atoms with Crippen LogP contribution in [0.3, 0.4) is 0 Å². The Labute approximate surface area is 90.5 Å². The lowest BCUT2D eigenvalue weighted by atomic mass is 10.2. The van der Waals surface area contributed by atoms with Gasteiger partial charge in [-0.3, -0.25) is 14.3 Å². The first-order chi connectivity index (χ1) is 7.61. The monoisotopic (exact) mass is 227 g/mol. The molecule has 7 heteroatoms. The van der Waals surface area contributed by atoms with Crippen LogP contribution in [0.5, 0.6) is 0 Å². The molecule has 1 aliphatic rings. The fourth-order valence-corrected chi connectivity index (χ4v) is 1.75. The van der Waals surface area contributed by atoms with Crippen molar-refractivity contribution < 1.29 is 9.84 Å². The third kappa shape index (κ3) is 1.92. The van der Waals surface area contributed by atoms with Crippen molar-refractivity contribution in [1.29, 1.82) is 0 Å². The van der Waals surface area contributed by atoms with E-state index in [1.165, 1.54) is 16.8 Å². The minimum Gasteiger partial charge on any atom is -0.390 e. The molecule has 3 atom stereocenters. The van der Waals surface area contributed by atoms with Gasteiger partial charge in [0.1, 0.15) is 6.23 Å². The zero-order valence-corrected chi connectivity index (χ0v) is 8.50. The summed E-state index contributed by atoms with van der Waals surface area (Å²) in [6, 6.07) is 1.23. The van der Waals surface area contributed by atoms with Crippen LogP contribution < -0.4 is 17.0 Å². The number of nitrogens with zero attached hydrogens (tertiary/aromatic N) is 1. The summed E-state index contributed by atoms with van der Waals surface area (Å²) in [5.74, 6) is 0. The molecule has 0 spiro atoms. The molecule has 7 nitrogen and oxygen atoms in total. The molecule has 0 amide bonds. The normalized spacial score (nSPS) is 29.5. The van der Waals surface area contributed by atoms with Gasteiger partial charge in [-0.1, -0.05) is 0 Å². The van der Waals surface area contributed by atoms with Gasteiger partial charge in [-0.2, -0.15) is 0 Å². The highest BCUT2D eigenvalue weighted by Crippen LogP contribution is 2.26. The summed E-state index contributed by atoms with van der Waals surface area (Å²) in [6.07, 6.45) is -0.101. The lowest BCUT2D eigenvalue weighted by Crippen LogP contribution is -2.32. The van der Waals surface area contributed by atoms with E-state index in [0.29, 0.717) is 0 Å². The predicted molar refractivity (Wildman–Crippen MR) is 54.9 cm³/mol. The predicted octanol–water partition coefficient (Wildman–Crippen LogP) is -1.86. The minimum atomic E-state index is -0.686. The van der Waals surface area contributed by atoms with E-state index in [-0.39, 0.29) is 13.0 Å². The molecule has 1 aromatic heterocycles. The van der Waals surface area contributed by atoms with E-state index < -0.39 is 29.7 Å². The van der Waals surface area contributed by atoms with Crippen molar-refractivity contribution in [2.45, 2.75) is 24.9 Å². The van der Waals surface area contributed by atoms with Crippen LogP contribution >= 0.6 is 0 Å². The first-order valence-corrected chi connectivity index (χ1v) is 4.97. The largest absolute Gasteiger partial charge is 0.390 e. The maximum atomic E-state index is 11.4. The van der Waals surface area contributed by atoms with Gasteiger partial charge in [-0.25, -0.2) is 4.79 Å². The quantitative estimate of drug-likeness (QED) is 0.549. The number of hydrogen-bond acceptors (Lipinski definition) is 5. The van der Waals surface area contributed by atoms with E-state index in [0.717, 1.165) is 0 Å². The first-order valence-electron chi connectivity index (χ1n) is 4.97. The molecule has 1 fully saturated rings. The third-order valence-electron chi connectivity index (χ3n) is 2.60. The van der Waals surface area contributed by atoms with E-state index in [2.05, 4.69) is 4.98 Å². The molecule has 0 bridgehead atoms. The average molecular weight is 227 g/mol. The van der Waals surface area contributed by atoms with Crippen molar-refractivity contribution in [2.75, 3.05) is 6.54 Å². The molecule has 2 heterocycles. The molecule has 1 saturated heterocycles. The summed E-state index contributed by atoms with van der Waals surface area (Å²) in [7, 11) is 0. The van der Waals surface area contributed by atoms with Crippen LogP contribution in [0.4, 0.5) is 0 Å². The van der Waals surface area contributed by atoms with Crippen molar-refractivity contribution in [3.05, 3.63) is 33.1 Å². The number of nitrogens with two attached hydrogens (primary N) is 1. The second-order valence-corrected chi connectivity index (χ2v) is 3.69. The molecule has 0 aliphatic carbocycles. The maximum absolute atomic E-state index is 11.4. The van der Waals surface area contributed by atoms with Crippen LogP contribution in [0.2, 0.25) is 0 Å². The van der Waals surface area contributed by atoms with Crippen molar-refractivity contribution in [3.8, 4) is 0 Å². The standard InChI is InChI=1S/C9H13N3O4/c10-4-6-5(13)3-8(16-6)12-2-1-7(14)11-9(12)15/h1-2,5-6,8,13H,3-4,10H2,(H,11,14,15)/t5-,6+,8+/m0/s1. The summed E-state index contributed by atoms with van der Waals surface area (Å²) in [6.45, 7) is 0.190. The molecule has 2 rings (SSSR count). The molecule has 0 radical (unpaired) electrons. The van der Waals surface area contributed by atoms with E-state index in [4.69, 9.17) is 10.5 Å². The van der Waals surface area contributed by atoms with Gasteiger partial charge in [-0.05, 0) is 0 Å². The number of H-pyrrole nitrogens is 1. The van der Waals surface area contributed by atoms with Gasteiger partial charge in [0.25, 0.3) is 5.56 Å². The number of aliphatic hydroxyl groups is 1. The highest BCUT2D eigenvalue weighted by Gasteiger charge is 2.34. The Balaban J connectivity index is 2.27. The summed E-state index contributed by atoms with van der Waals surface area (Å²) in [5, 5.41) is 9.57. The zero-order chi connectivity index (χ0) is 11.7. The highest BCUT2D eigenvalue weighted by molar-refractivity contribution is 4.88. The first kappa shape index (κ1) is 11.1. The lowest BCUT2D eigenvalue weighted by molar-refractivity contribution is -0.0151. The lowest BCUT2D eigenvalue weighted by Gasteiger charge is -2.13. The van der Waals surface area contributed by atoms with Crippen molar-refractivity contribution in [3.63, 3.8) is 0 Å². The van der Waals surface area contributed by atoms with Crippen molar-refractivity contribution in [1.82, 2.24) is 9.55 Å². The number of nitrogens with one attached hydrogen (secondary N) is 1. The molecule has 16 heavy (non-hydrogen) atoms. The molecule has 1 aromatic rings. The molecular weight excluding hydrogens is 214 g/mol. The molecule has 1 aliphatic heterocycles. The number of aromatic amines is 1. The van der Waals surface area contributed by atoms with Crippen molar-refractivity contribution >= 4 is 0 Å². The SMILES string of the molecule is NC[C@H]1O[C@@H](n2ccc(=O)[nH]c2=O)C[C@@H]1O. The van der Waals surface area contributed by atoms with Crippen LogP contribution in [-0.4, -0.2) is 33.4 Å². The van der Waals surface area contributed by atoms with Gasteiger partial charge in [0.2, 0.25) is 0 Å².